The number of hydrogen-bond donors (Lipinski definition) is 0. The molecular formula is C12H14ClN3O2. The van der Waals surface area contributed by atoms with Crippen LogP contribution in [-0.2, 0) is 4.74 Å². The molecule has 1 aromatic carbocycles. The third kappa shape index (κ3) is 2.68. The van der Waals surface area contributed by atoms with Gasteiger partial charge in [0.2, 0.25) is 0 Å². The fraction of sp³-hybridized carbons (Fsp3) is 0.250. The third-order valence-corrected chi connectivity index (χ3v) is 2.36. The molecule has 1 aromatic heterocycles. The zero-order chi connectivity index (χ0) is 12.3. The molecule has 0 bridgehead atoms. The maximum atomic E-state index is 11.6. The van der Waals surface area contributed by atoms with Crippen LogP contribution < -0.4 is 0 Å². The molecular weight excluding hydrogens is 254 g/mol. The maximum absolute atomic E-state index is 11.6. The van der Waals surface area contributed by atoms with E-state index in [9.17, 15) is 4.79 Å². The molecule has 0 aliphatic rings. The van der Waals surface area contributed by atoms with Crippen LogP contribution in [0.15, 0.2) is 30.3 Å². The third-order valence-electron chi connectivity index (χ3n) is 2.36. The Morgan fingerprint density at radius 3 is 2.61 bits per heavy atom. The highest BCUT2D eigenvalue weighted by atomic mass is 35.5. The number of nitrogens with zero attached hydrogens (tertiary/aromatic N) is 3. The highest BCUT2D eigenvalue weighted by Crippen LogP contribution is 2.12. The summed E-state index contributed by atoms with van der Waals surface area (Å²) >= 11 is 0. The summed E-state index contributed by atoms with van der Waals surface area (Å²) in [6.07, 6.45) is 0. The Kier molecular flexibility index (Phi) is 4.85. The number of esters is 1. The fourth-order valence-electron chi connectivity index (χ4n) is 1.53. The average molecular weight is 268 g/mol. The van der Waals surface area contributed by atoms with Crippen molar-refractivity contribution >= 4 is 18.4 Å². The van der Waals surface area contributed by atoms with Gasteiger partial charge in [-0.1, -0.05) is 23.4 Å². The minimum atomic E-state index is -0.438. The van der Waals surface area contributed by atoms with Crippen molar-refractivity contribution in [2.75, 3.05) is 6.61 Å². The van der Waals surface area contributed by atoms with Crippen LogP contribution in [0.1, 0.15) is 23.1 Å². The number of halogens is 1. The second-order valence-corrected chi connectivity index (χ2v) is 3.49. The van der Waals surface area contributed by atoms with Crippen LogP contribution in [-0.4, -0.2) is 27.6 Å². The summed E-state index contributed by atoms with van der Waals surface area (Å²) in [6.45, 7) is 3.88. The molecule has 2 aromatic rings. The highest BCUT2D eigenvalue weighted by Gasteiger charge is 2.17. The SMILES string of the molecule is CCOC(=O)c1nnn(-c2ccccc2)c1C.Cl. The second kappa shape index (κ2) is 6.16. The van der Waals surface area contributed by atoms with Crippen LogP contribution in [0.5, 0.6) is 0 Å². The number of carbonyl (C=O) groups is 1. The van der Waals surface area contributed by atoms with Crippen molar-refractivity contribution in [3.63, 3.8) is 0 Å². The van der Waals surface area contributed by atoms with E-state index in [1.807, 2.05) is 30.3 Å². The molecule has 0 atom stereocenters. The Bertz CT molecular complexity index is 525. The zero-order valence-corrected chi connectivity index (χ0v) is 11.0. The summed E-state index contributed by atoms with van der Waals surface area (Å²) in [5.41, 5.74) is 1.80. The summed E-state index contributed by atoms with van der Waals surface area (Å²) in [4.78, 5) is 11.6. The van der Waals surface area contributed by atoms with Gasteiger partial charge in [0, 0.05) is 0 Å². The van der Waals surface area contributed by atoms with Crippen molar-refractivity contribution in [3.8, 4) is 5.69 Å². The van der Waals surface area contributed by atoms with E-state index >= 15 is 0 Å². The molecule has 0 N–H and O–H groups in total. The molecule has 0 saturated heterocycles. The van der Waals surface area contributed by atoms with Gasteiger partial charge in [-0.3, -0.25) is 0 Å². The number of aromatic nitrogens is 3. The molecule has 0 saturated carbocycles. The standard InChI is InChI=1S/C12H13N3O2.ClH/c1-3-17-12(16)11-9(2)15(14-13-11)10-7-5-4-6-8-10;/h4-8H,3H2,1-2H3;1H. The molecule has 2 rings (SSSR count). The lowest BCUT2D eigenvalue weighted by Gasteiger charge is -2.02. The van der Waals surface area contributed by atoms with Gasteiger partial charge in [-0.05, 0) is 26.0 Å². The summed E-state index contributed by atoms with van der Waals surface area (Å²) in [5.74, 6) is -0.438. The zero-order valence-electron chi connectivity index (χ0n) is 10.2. The van der Waals surface area contributed by atoms with E-state index in [1.165, 1.54) is 0 Å². The lowest BCUT2D eigenvalue weighted by atomic mass is 10.3. The molecule has 0 aliphatic heterocycles. The Morgan fingerprint density at radius 2 is 2.00 bits per heavy atom. The van der Waals surface area contributed by atoms with E-state index in [0.717, 1.165) is 5.69 Å². The van der Waals surface area contributed by atoms with Crippen molar-refractivity contribution in [1.82, 2.24) is 15.0 Å². The predicted molar refractivity (Wildman–Crippen MR) is 69.3 cm³/mol. The first-order valence-corrected chi connectivity index (χ1v) is 5.39. The van der Waals surface area contributed by atoms with Gasteiger partial charge in [-0.2, -0.15) is 0 Å². The summed E-state index contributed by atoms with van der Waals surface area (Å²) in [6, 6.07) is 9.52. The first-order valence-electron chi connectivity index (χ1n) is 5.39. The average Bonchev–Trinajstić information content (AvgIpc) is 2.72. The number of para-hydroxylation sites is 1. The van der Waals surface area contributed by atoms with Gasteiger partial charge >= 0.3 is 5.97 Å². The van der Waals surface area contributed by atoms with Gasteiger partial charge in [0.1, 0.15) is 0 Å². The summed E-state index contributed by atoms with van der Waals surface area (Å²) in [7, 11) is 0. The molecule has 96 valence electrons. The minimum Gasteiger partial charge on any atom is -0.461 e. The first kappa shape index (κ1) is 14.2. The van der Waals surface area contributed by atoms with Crippen LogP contribution in [0.4, 0.5) is 0 Å². The molecule has 0 amide bonds. The maximum Gasteiger partial charge on any atom is 0.360 e. The van der Waals surface area contributed by atoms with Gasteiger partial charge in [0.05, 0.1) is 18.0 Å². The van der Waals surface area contributed by atoms with E-state index < -0.39 is 5.97 Å². The molecule has 0 aliphatic carbocycles. The number of rotatable bonds is 3. The Labute approximate surface area is 111 Å². The van der Waals surface area contributed by atoms with Crippen molar-refractivity contribution in [2.24, 2.45) is 0 Å². The van der Waals surface area contributed by atoms with E-state index in [4.69, 9.17) is 4.74 Å². The van der Waals surface area contributed by atoms with Gasteiger partial charge in [0.15, 0.2) is 5.69 Å². The van der Waals surface area contributed by atoms with Crippen LogP contribution in [0, 0.1) is 6.92 Å². The number of benzene rings is 1. The predicted octanol–water partition coefficient (Wildman–Crippen LogP) is 2.17. The van der Waals surface area contributed by atoms with E-state index in [1.54, 1.807) is 18.5 Å². The van der Waals surface area contributed by atoms with Crippen molar-refractivity contribution in [3.05, 3.63) is 41.7 Å². The number of hydrogen-bond acceptors (Lipinski definition) is 4. The molecule has 0 unspecified atom stereocenters. The summed E-state index contributed by atoms with van der Waals surface area (Å²) < 4.78 is 6.52. The second-order valence-electron chi connectivity index (χ2n) is 3.49. The Hall–Kier alpha value is -1.88. The molecule has 0 spiro atoms. The topological polar surface area (TPSA) is 57.0 Å². The van der Waals surface area contributed by atoms with Gasteiger partial charge in [0.25, 0.3) is 0 Å². The molecule has 18 heavy (non-hydrogen) atoms. The fourth-order valence-corrected chi connectivity index (χ4v) is 1.53. The summed E-state index contributed by atoms with van der Waals surface area (Å²) in [5, 5.41) is 7.80. The van der Waals surface area contributed by atoms with Crippen LogP contribution in [0.2, 0.25) is 0 Å². The first-order chi connectivity index (χ1) is 8.24. The minimum absolute atomic E-state index is 0. The Balaban J connectivity index is 0.00000162. The van der Waals surface area contributed by atoms with Gasteiger partial charge in [-0.25, -0.2) is 9.48 Å². The van der Waals surface area contributed by atoms with Crippen LogP contribution in [0.25, 0.3) is 5.69 Å². The lowest BCUT2D eigenvalue weighted by Crippen LogP contribution is -2.07. The molecule has 0 fully saturated rings. The quantitative estimate of drug-likeness (QED) is 0.800. The van der Waals surface area contributed by atoms with Crippen molar-refractivity contribution < 1.29 is 9.53 Å². The van der Waals surface area contributed by atoms with Gasteiger partial charge in [-0.15, -0.1) is 17.5 Å². The normalized spacial score (nSPS) is 9.67. The highest BCUT2D eigenvalue weighted by molar-refractivity contribution is 5.88. The van der Waals surface area contributed by atoms with Crippen LogP contribution in [0.3, 0.4) is 0 Å². The van der Waals surface area contributed by atoms with Crippen molar-refractivity contribution in [1.29, 1.82) is 0 Å². The molecule has 6 heteroatoms. The monoisotopic (exact) mass is 267 g/mol. The van der Waals surface area contributed by atoms with Gasteiger partial charge < -0.3 is 4.74 Å². The van der Waals surface area contributed by atoms with Crippen LogP contribution >= 0.6 is 12.4 Å². The lowest BCUT2D eigenvalue weighted by molar-refractivity contribution is 0.0518. The molecule has 1 heterocycles. The molecule has 0 radical (unpaired) electrons. The molecule has 5 nitrogen and oxygen atoms in total. The smallest absolute Gasteiger partial charge is 0.360 e. The van der Waals surface area contributed by atoms with E-state index in [-0.39, 0.29) is 18.1 Å². The Morgan fingerprint density at radius 1 is 1.33 bits per heavy atom. The van der Waals surface area contributed by atoms with E-state index in [2.05, 4.69) is 10.3 Å². The van der Waals surface area contributed by atoms with E-state index in [0.29, 0.717) is 12.3 Å². The largest absolute Gasteiger partial charge is 0.461 e. The number of ether oxygens (including phenoxy) is 1. The number of carbonyl (C=O) groups excluding carboxylic acids is 1. The van der Waals surface area contributed by atoms with Crippen molar-refractivity contribution in [2.45, 2.75) is 13.8 Å².